The molecule has 3 atom stereocenters. The van der Waals surface area contributed by atoms with Gasteiger partial charge in [-0.2, -0.15) is 0 Å². The number of fused-ring (bicyclic) bond motifs is 1. The van der Waals surface area contributed by atoms with Crippen LogP contribution in [0.1, 0.15) is 25.3 Å². The molecule has 3 nitrogen and oxygen atoms in total. The first-order chi connectivity index (χ1) is 9.13. The van der Waals surface area contributed by atoms with Crippen LogP contribution in [-0.2, 0) is 11.2 Å². The molecule has 0 radical (unpaired) electrons. The Balaban J connectivity index is 1.73. The maximum Gasteiger partial charge on any atom is 0.123 e. The highest BCUT2D eigenvalue weighted by molar-refractivity contribution is 5.38. The van der Waals surface area contributed by atoms with Crippen molar-refractivity contribution in [2.24, 2.45) is 5.41 Å². The lowest BCUT2D eigenvalue weighted by atomic mass is 9.77. The van der Waals surface area contributed by atoms with Crippen molar-refractivity contribution < 1.29 is 19.0 Å². The smallest absolute Gasteiger partial charge is 0.123 e. The number of benzene rings is 1. The SMILES string of the molecule is CC1OCCC1(CO)CC1Cc2cc(F)ccc2O1. The second-order valence-electron chi connectivity index (χ2n) is 5.68. The minimum atomic E-state index is -0.225. The van der Waals surface area contributed by atoms with Gasteiger partial charge in [0.1, 0.15) is 17.7 Å². The summed E-state index contributed by atoms with van der Waals surface area (Å²) in [4.78, 5) is 0. The summed E-state index contributed by atoms with van der Waals surface area (Å²) in [5.74, 6) is 0.545. The van der Waals surface area contributed by atoms with Gasteiger partial charge in [0.05, 0.1) is 12.7 Å². The molecule has 19 heavy (non-hydrogen) atoms. The first-order valence-corrected chi connectivity index (χ1v) is 6.80. The molecule has 0 bridgehead atoms. The van der Waals surface area contributed by atoms with E-state index in [0.29, 0.717) is 13.0 Å². The summed E-state index contributed by atoms with van der Waals surface area (Å²) in [6, 6.07) is 4.64. The zero-order chi connectivity index (χ0) is 13.5. The van der Waals surface area contributed by atoms with Gasteiger partial charge >= 0.3 is 0 Å². The molecule has 2 heterocycles. The molecule has 0 spiro atoms. The van der Waals surface area contributed by atoms with Gasteiger partial charge in [-0.1, -0.05) is 0 Å². The Hall–Kier alpha value is -1.13. The Morgan fingerprint density at radius 1 is 1.47 bits per heavy atom. The van der Waals surface area contributed by atoms with Crippen LogP contribution in [0.5, 0.6) is 5.75 Å². The Morgan fingerprint density at radius 3 is 3.00 bits per heavy atom. The van der Waals surface area contributed by atoms with Gasteiger partial charge in [0.25, 0.3) is 0 Å². The second kappa shape index (κ2) is 4.76. The average molecular weight is 266 g/mol. The van der Waals surface area contributed by atoms with Crippen molar-refractivity contribution in [1.29, 1.82) is 0 Å². The van der Waals surface area contributed by atoms with Crippen molar-refractivity contribution in [2.45, 2.75) is 38.4 Å². The van der Waals surface area contributed by atoms with Gasteiger partial charge < -0.3 is 14.6 Å². The number of ether oxygens (including phenoxy) is 2. The van der Waals surface area contributed by atoms with Gasteiger partial charge in [0.15, 0.2) is 0 Å². The molecule has 1 aromatic rings. The molecule has 4 heteroatoms. The van der Waals surface area contributed by atoms with Crippen LogP contribution >= 0.6 is 0 Å². The molecule has 3 rings (SSSR count). The van der Waals surface area contributed by atoms with Gasteiger partial charge in [-0.25, -0.2) is 4.39 Å². The number of aliphatic hydroxyl groups excluding tert-OH is 1. The van der Waals surface area contributed by atoms with Gasteiger partial charge in [0.2, 0.25) is 0 Å². The summed E-state index contributed by atoms with van der Waals surface area (Å²) in [5.41, 5.74) is 0.704. The van der Waals surface area contributed by atoms with Crippen LogP contribution in [0.3, 0.4) is 0 Å². The maximum atomic E-state index is 13.2. The lowest BCUT2D eigenvalue weighted by molar-refractivity contribution is 0.00137. The fraction of sp³-hybridized carbons (Fsp3) is 0.600. The minimum absolute atomic E-state index is 0.00750. The molecule has 0 amide bonds. The van der Waals surface area contributed by atoms with Crippen LogP contribution in [0, 0.1) is 11.2 Å². The molecule has 3 unspecified atom stereocenters. The van der Waals surface area contributed by atoms with Crippen LogP contribution in [0.4, 0.5) is 4.39 Å². The van der Waals surface area contributed by atoms with Crippen LogP contribution in [0.2, 0.25) is 0 Å². The van der Waals surface area contributed by atoms with E-state index in [-0.39, 0.29) is 30.0 Å². The first kappa shape index (κ1) is 12.9. The van der Waals surface area contributed by atoms with E-state index in [2.05, 4.69) is 0 Å². The van der Waals surface area contributed by atoms with E-state index in [1.807, 2.05) is 6.92 Å². The standard InChI is InChI=1S/C15H19FO3/c1-10-15(9-17,4-5-18-10)8-13-7-11-6-12(16)2-3-14(11)19-13/h2-3,6,10,13,17H,4-5,7-9H2,1H3. The third kappa shape index (κ3) is 2.23. The second-order valence-corrected chi connectivity index (χ2v) is 5.68. The average Bonchev–Trinajstić information content (AvgIpc) is 2.94. The first-order valence-electron chi connectivity index (χ1n) is 6.80. The van der Waals surface area contributed by atoms with E-state index >= 15 is 0 Å². The Labute approximate surface area is 112 Å². The van der Waals surface area contributed by atoms with Gasteiger partial charge in [-0.15, -0.1) is 0 Å². The summed E-state index contributed by atoms with van der Waals surface area (Å²) in [6.45, 7) is 2.81. The van der Waals surface area contributed by atoms with Crippen molar-refractivity contribution in [1.82, 2.24) is 0 Å². The topological polar surface area (TPSA) is 38.7 Å². The molecular weight excluding hydrogens is 247 g/mol. The lowest BCUT2D eigenvalue weighted by Crippen LogP contribution is -2.37. The Morgan fingerprint density at radius 2 is 2.32 bits per heavy atom. The molecule has 1 fully saturated rings. The normalized spacial score (nSPS) is 33.2. The Kier molecular flexibility index (Phi) is 3.23. The summed E-state index contributed by atoms with van der Waals surface area (Å²) < 4.78 is 24.6. The molecule has 1 aromatic carbocycles. The van der Waals surface area contributed by atoms with Gasteiger partial charge in [-0.05, 0) is 38.0 Å². The highest BCUT2D eigenvalue weighted by atomic mass is 19.1. The fourth-order valence-corrected chi connectivity index (χ4v) is 3.22. The van der Waals surface area contributed by atoms with Crippen molar-refractivity contribution >= 4 is 0 Å². The van der Waals surface area contributed by atoms with E-state index in [1.54, 1.807) is 6.07 Å². The predicted octanol–water partition coefficient (Wildman–Crippen LogP) is 2.31. The van der Waals surface area contributed by atoms with Crippen LogP contribution in [-0.4, -0.2) is 30.5 Å². The predicted molar refractivity (Wildman–Crippen MR) is 68.7 cm³/mol. The van der Waals surface area contributed by atoms with Crippen molar-refractivity contribution in [3.05, 3.63) is 29.6 Å². The summed E-state index contributed by atoms with van der Waals surface area (Å²) in [6.07, 6.45) is 2.37. The molecule has 104 valence electrons. The third-order valence-corrected chi connectivity index (χ3v) is 4.54. The maximum absolute atomic E-state index is 13.2. The molecule has 2 aliphatic heterocycles. The van der Waals surface area contributed by atoms with Crippen molar-refractivity contribution in [2.75, 3.05) is 13.2 Å². The number of rotatable bonds is 3. The molecule has 0 aliphatic carbocycles. The molecule has 1 saturated heterocycles. The molecule has 1 N–H and O–H groups in total. The molecular formula is C15H19FO3. The van der Waals surface area contributed by atoms with E-state index in [4.69, 9.17) is 9.47 Å². The van der Waals surface area contributed by atoms with Crippen LogP contribution < -0.4 is 4.74 Å². The van der Waals surface area contributed by atoms with E-state index < -0.39 is 0 Å². The largest absolute Gasteiger partial charge is 0.490 e. The summed E-state index contributed by atoms with van der Waals surface area (Å²) >= 11 is 0. The monoisotopic (exact) mass is 266 g/mol. The number of halogens is 1. The van der Waals surface area contributed by atoms with E-state index in [9.17, 15) is 9.50 Å². The summed E-state index contributed by atoms with van der Waals surface area (Å²) in [7, 11) is 0. The van der Waals surface area contributed by atoms with Gasteiger partial charge in [-0.3, -0.25) is 0 Å². The molecule has 0 saturated carbocycles. The zero-order valence-corrected chi connectivity index (χ0v) is 11.1. The highest BCUT2D eigenvalue weighted by Crippen LogP contribution is 2.42. The van der Waals surface area contributed by atoms with Crippen LogP contribution in [0.15, 0.2) is 18.2 Å². The Bertz CT molecular complexity index is 476. The highest BCUT2D eigenvalue weighted by Gasteiger charge is 2.44. The van der Waals surface area contributed by atoms with Gasteiger partial charge in [0, 0.05) is 24.0 Å². The molecule has 0 aromatic heterocycles. The summed E-state index contributed by atoms with van der Waals surface area (Å²) in [5, 5.41) is 9.71. The number of aliphatic hydroxyl groups is 1. The van der Waals surface area contributed by atoms with Crippen molar-refractivity contribution in [3.63, 3.8) is 0 Å². The third-order valence-electron chi connectivity index (χ3n) is 4.54. The number of hydrogen-bond donors (Lipinski definition) is 1. The quantitative estimate of drug-likeness (QED) is 0.912. The number of hydrogen-bond acceptors (Lipinski definition) is 3. The minimum Gasteiger partial charge on any atom is -0.490 e. The zero-order valence-electron chi connectivity index (χ0n) is 11.1. The van der Waals surface area contributed by atoms with E-state index in [0.717, 1.165) is 24.2 Å². The van der Waals surface area contributed by atoms with E-state index in [1.165, 1.54) is 12.1 Å². The van der Waals surface area contributed by atoms with Crippen molar-refractivity contribution in [3.8, 4) is 5.75 Å². The van der Waals surface area contributed by atoms with Crippen LogP contribution in [0.25, 0.3) is 0 Å². The fourth-order valence-electron chi connectivity index (χ4n) is 3.22. The lowest BCUT2D eigenvalue weighted by Gasteiger charge is -2.32. The molecule has 2 aliphatic rings.